The number of benzene rings is 3. The summed E-state index contributed by atoms with van der Waals surface area (Å²) in [5, 5.41) is 3.20. The van der Waals surface area contributed by atoms with Crippen molar-refractivity contribution in [2.75, 3.05) is 10.0 Å². The van der Waals surface area contributed by atoms with E-state index in [0.717, 1.165) is 0 Å². The monoisotopic (exact) mass is 430 g/mol. The largest absolute Gasteiger partial charge is 0.481 e. The molecular formula is C21H19ClN2O4S. The molecule has 1 atom stereocenters. The molecule has 0 saturated carbocycles. The van der Waals surface area contributed by atoms with Gasteiger partial charge in [-0.3, -0.25) is 9.52 Å². The van der Waals surface area contributed by atoms with Crippen LogP contribution in [0, 0.1) is 0 Å². The molecule has 2 N–H and O–H groups in total. The summed E-state index contributed by atoms with van der Waals surface area (Å²) in [5.41, 5.74) is 0.923. The SMILES string of the molecule is C[C@H](Oc1cccc(Cl)c1)C(=O)Nc1ccc(S(=O)(=O)Nc2ccccc2)cc1. The summed E-state index contributed by atoms with van der Waals surface area (Å²) in [5.74, 6) is 0.108. The van der Waals surface area contributed by atoms with Gasteiger partial charge in [-0.05, 0) is 61.5 Å². The summed E-state index contributed by atoms with van der Waals surface area (Å²) in [7, 11) is -3.72. The van der Waals surface area contributed by atoms with Gasteiger partial charge in [-0.25, -0.2) is 8.42 Å². The van der Waals surface area contributed by atoms with Gasteiger partial charge >= 0.3 is 0 Å². The Hall–Kier alpha value is -3.03. The van der Waals surface area contributed by atoms with Crippen LogP contribution < -0.4 is 14.8 Å². The third-order valence-corrected chi connectivity index (χ3v) is 5.57. The Labute approximate surface area is 174 Å². The summed E-state index contributed by atoms with van der Waals surface area (Å²) in [4.78, 5) is 12.4. The fourth-order valence-electron chi connectivity index (χ4n) is 2.48. The van der Waals surface area contributed by atoms with Crippen LogP contribution in [0.2, 0.25) is 5.02 Å². The molecule has 8 heteroatoms. The molecule has 3 rings (SSSR count). The van der Waals surface area contributed by atoms with Gasteiger partial charge in [-0.15, -0.1) is 0 Å². The quantitative estimate of drug-likeness (QED) is 0.576. The summed E-state index contributed by atoms with van der Waals surface area (Å²) in [6, 6.07) is 21.2. The maximum atomic E-state index is 12.4. The predicted molar refractivity (Wildman–Crippen MR) is 114 cm³/mol. The number of para-hydroxylation sites is 1. The van der Waals surface area contributed by atoms with Crippen LogP contribution in [0.4, 0.5) is 11.4 Å². The van der Waals surface area contributed by atoms with Crippen LogP contribution in [0.1, 0.15) is 6.92 Å². The second-order valence-electron chi connectivity index (χ2n) is 6.20. The van der Waals surface area contributed by atoms with E-state index in [1.807, 2.05) is 0 Å². The molecule has 3 aromatic rings. The minimum Gasteiger partial charge on any atom is -0.481 e. The molecule has 0 aliphatic heterocycles. The Morgan fingerprint density at radius 3 is 2.28 bits per heavy atom. The molecule has 0 bridgehead atoms. The lowest BCUT2D eigenvalue weighted by Crippen LogP contribution is -2.30. The standard InChI is InChI=1S/C21H19ClN2O4S/c1-15(28-19-9-5-6-16(22)14-19)21(25)23-17-10-12-20(13-11-17)29(26,27)24-18-7-3-2-4-8-18/h2-15,24H,1H3,(H,23,25)/t15-/m0/s1. The van der Waals surface area contributed by atoms with E-state index in [-0.39, 0.29) is 10.8 Å². The highest BCUT2D eigenvalue weighted by Crippen LogP contribution is 2.20. The highest BCUT2D eigenvalue weighted by Gasteiger charge is 2.17. The van der Waals surface area contributed by atoms with Crippen LogP contribution in [-0.2, 0) is 14.8 Å². The number of amides is 1. The fourth-order valence-corrected chi connectivity index (χ4v) is 3.72. The van der Waals surface area contributed by atoms with Crippen molar-refractivity contribution in [3.05, 3.63) is 83.9 Å². The number of nitrogens with one attached hydrogen (secondary N) is 2. The zero-order valence-corrected chi connectivity index (χ0v) is 17.1. The van der Waals surface area contributed by atoms with Gasteiger partial charge in [0, 0.05) is 16.4 Å². The van der Waals surface area contributed by atoms with E-state index in [1.54, 1.807) is 61.5 Å². The van der Waals surface area contributed by atoms with Crippen molar-refractivity contribution < 1.29 is 17.9 Å². The zero-order chi connectivity index (χ0) is 20.9. The van der Waals surface area contributed by atoms with Crippen molar-refractivity contribution in [2.24, 2.45) is 0 Å². The Morgan fingerprint density at radius 1 is 0.931 bits per heavy atom. The van der Waals surface area contributed by atoms with Crippen LogP contribution in [0.15, 0.2) is 83.8 Å². The third-order valence-electron chi connectivity index (χ3n) is 3.94. The van der Waals surface area contributed by atoms with Crippen molar-refractivity contribution in [1.29, 1.82) is 0 Å². The molecule has 29 heavy (non-hydrogen) atoms. The Bertz CT molecular complexity index is 1090. The van der Waals surface area contributed by atoms with E-state index in [2.05, 4.69) is 10.0 Å². The highest BCUT2D eigenvalue weighted by atomic mass is 35.5. The van der Waals surface area contributed by atoms with Gasteiger partial charge in [0.25, 0.3) is 15.9 Å². The summed E-state index contributed by atoms with van der Waals surface area (Å²) in [6.07, 6.45) is -0.767. The van der Waals surface area contributed by atoms with E-state index < -0.39 is 16.1 Å². The van der Waals surface area contributed by atoms with Crippen molar-refractivity contribution in [2.45, 2.75) is 17.9 Å². The molecular weight excluding hydrogens is 412 g/mol. The first-order valence-electron chi connectivity index (χ1n) is 8.74. The van der Waals surface area contributed by atoms with Gasteiger partial charge in [-0.1, -0.05) is 35.9 Å². The number of anilines is 2. The van der Waals surface area contributed by atoms with Crippen LogP contribution in [-0.4, -0.2) is 20.4 Å². The van der Waals surface area contributed by atoms with E-state index >= 15 is 0 Å². The summed E-state index contributed by atoms with van der Waals surface area (Å²) >= 11 is 5.91. The molecule has 0 fully saturated rings. The maximum absolute atomic E-state index is 12.4. The number of halogens is 1. The average Bonchev–Trinajstić information content (AvgIpc) is 2.69. The van der Waals surface area contributed by atoms with Crippen LogP contribution >= 0.6 is 11.6 Å². The summed E-state index contributed by atoms with van der Waals surface area (Å²) in [6.45, 7) is 1.61. The van der Waals surface area contributed by atoms with Crippen molar-refractivity contribution in [1.82, 2.24) is 0 Å². The van der Waals surface area contributed by atoms with Gasteiger partial charge in [0.2, 0.25) is 0 Å². The molecule has 0 heterocycles. The van der Waals surface area contributed by atoms with Crippen molar-refractivity contribution in [3.63, 3.8) is 0 Å². The Kier molecular flexibility index (Phi) is 6.41. The molecule has 0 unspecified atom stereocenters. The lowest BCUT2D eigenvalue weighted by atomic mass is 10.3. The lowest BCUT2D eigenvalue weighted by molar-refractivity contribution is -0.122. The highest BCUT2D eigenvalue weighted by molar-refractivity contribution is 7.92. The maximum Gasteiger partial charge on any atom is 0.265 e. The molecule has 1 amide bonds. The van der Waals surface area contributed by atoms with Gasteiger partial charge in [-0.2, -0.15) is 0 Å². The molecule has 0 radical (unpaired) electrons. The second kappa shape index (κ2) is 8.98. The predicted octanol–water partition coefficient (Wildman–Crippen LogP) is 4.55. The number of rotatable bonds is 7. The minimum atomic E-state index is -3.72. The number of ether oxygens (including phenoxy) is 1. The lowest BCUT2D eigenvalue weighted by Gasteiger charge is -2.15. The average molecular weight is 431 g/mol. The number of hydrogen-bond donors (Lipinski definition) is 2. The van der Waals surface area contributed by atoms with Crippen LogP contribution in [0.5, 0.6) is 5.75 Å². The normalized spacial score (nSPS) is 12.1. The van der Waals surface area contributed by atoms with Gasteiger partial charge in [0.05, 0.1) is 4.90 Å². The molecule has 0 aliphatic rings. The number of carbonyl (C=O) groups is 1. The fraction of sp³-hybridized carbons (Fsp3) is 0.0952. The van der Waals surface area contributed by atoms with Gasteiger partial charge < -0.3 is 10.1 Å². The molecule has 0 saturated heterocycles. The molecule has 6 nitrogen and oxygen atoms in total. The van der Waals surface area contributed by atoms with E-state index in [0.29, 0.717) is 22.1 Å². The number of sulfonamides is 1. The van der Waals surface area contributed by atoms with Crippen LogP contribution in [0.3, 0.4) is 0 Å². The first kappa shape index (κ1) is 20.7. The minimum absolute atomic E-state index is 0.0857. The topological polar surface area (TPSA) is 84.5 Å². The molecule has 150 valence electrons. The Morgan fingerprint density at radius 2 is 1.62 bits per heavy atom. The van der Waals surface area contributed by atoms with Gasteiger partial charge in [0.15, 0.2) is 6.10 Å². The molecule has 3 aromatic carbocycles. The van der Waals surface area contributed by atoms with Crippen molar-refractivity contribution >= 4 is 38.9 Å². The van der Waals surface area contributed by atoms with E-state index in [1.165, 1.54) is 24.3 Å². The molecule has 0 aromatic heterocycles. The van der Waals surface area contributed by atoms with E-state index in [4.69, 9.17) is 16.3 Å². The molecule has 0 aliphatic carbocycles. The zero-order valence-electron chi connectivity index (χ0n) is 15.5. The second-order valence-corrected chi connectivity index (χ2v) is 8.32. The first-order chi connectivity index (χ1) is 13.8. The van der Waals surface area contributed by atoms with Crippen molar-refractivity contribution in [3.8, 4) is 5.75 Å². The smallest absolute Gasteiger partial charge is 0.265 e. The third kappa shape index (κ3) is 5.73. The summed E-state index contributed by atoms with van der Waals surface area (Å²) < 4.78 is 33.0. The Balaban J connectivity index is 1.63. The van der Waals surface area contributed by atoms with Crippen LogP contribution in [0.25, 0.3) is 0 Å². The van der Waals surface area contributed by atoms with E-state index in [9.17, 15) is 13.2 Å². The molecule has 0 spiro atoms. The first-order valence-corrected chi connectivity index (χ1v) is 10.6. The number of hydrogen-bond acceptors (Lipinski definition) is 4. The number of carbonyl (C=O) groups excluding carboxylic acids is 1. The van der Waals surface area contributed by atoms with Gasteiger partial charge in [0.1, 0.15) is 5.75 Å².